The topological polar surface area (TPSA) is 156 Å². The maximum absolute atomic E-state index is 13.6. The van der Waals surface area contributed by atoms with Crippen LogP contribution in [-0.2, 0) is 20.0 Å². The van der Waals surface area contributed by atoms with Crippen molar-refractivity contribution in [3.8, 4) is 5.75 Å². The van der Waals surface area contributed by atoms with Gasteiger partial charge in [0.1, 0.15) is 17.1 Å². The molecule has 1 aromatic carbocycles. The standard InChI is InChI=1S/C22H22ClNO8/c1-21(31)9-6-10-16(24(2)3)17(27)8(7-25)19(29)22(10,32)20(30)13(9)18(28)14-12(26)5-4-11(23)15(14)21/h4-5,7,9-10,16,25-26,28,31-32H,6H2,1-3H3/b8-7-/t9?,10?,16-,21+,22?/m1/s1. The van der Waals surface area contributed by atoms with Crippen LogP contribution in [0.15, 0.2) is 29.5 Å². The molecule has 0 radical (unpaired) electrons. The molecule has 5 N–H and O–H groups in total. The quantitative estimate of drug-likeness (QED) is 0.177. The second kappa shape index (κ2) is 6.89. The molecule has 2 fully saturated rings. The van der Waals surface area contributed by atoms with Gasteiger partial charge in [0, 0.05) is 28.0 Å². The summed E-state index contributed by atoms with van der Waals surface area (Å²) < 4.78 is 0. The van der Waals surface area contributed by atoms with Crippen molar-refractivity contribution in [2.75, 3.05) is 14.1 Å². The second-order valence-corrected chi connectivity index (χ2v) is 9.27. The van der Waals surface area contributed by atoms with Gasteiger partial charge in [0.25, 0.3) is 0 Å². The fraction of sp³-hybridized carbons (Fsp3) is 0.409. The number of phenolic OH excluding ortho intramolecular Hbond substituents is 1. The number of hydrogen-bond acceptors (Lipinski definition) is 9. The molecular formula is C22H22ClNO8. The first-order valence-electron chi connectivity index (χ1n) is 9.86. The van der Waals surface area contributed by atoms with Crippen molar-refractivity contribution in [1.82, 2.24) is 4.90 Å². The van der Waals surface area contributed by atoms with E-state index in [-0.39, 0.29) is 28.8 Å². The van der Waals surface area contributed by atoms with Gasteiger partial charge in [-0.2, -0.15) is 0 Å². The minimum atomic E-state index is -2.76. The minimum Gasteiger partial charge on any atom is -0.515 e. The third-order valence-electron chi connectivity index (χ3n) is 6.97. The van der Waals surface area contributed by atoms with Crippen molar-refractivity contribution in [3.63, 3.8) is 0 Å². The molecule has 0 amide bonds. The van der Waals surface area contributed by atoms with Gasteiger partial charge >= 0.3 is 0 Å². The van der Waals surface area contributed by atoms with E-state index in [0.29, 0.717) is 0 Å². The highest BCUT2D eigenvalue weighted by atomic mass is 35.5. The Morgan fingerprint density at radius 1 is 1.12 bits per heavy atom. The number of halogens is 1. The van der Waals surface area contributed by atoms with Gasteiger partial charge in [0.15, 0.2) is 11.4 Å². The zero-order chi connectivity index (χ0) is 23.9. The Morgan fingerprint density at radius 3 is 2.31 bits per heavy atom. The molecule has 170 valence electrons. The predicted molar refractivity (Wildman–Crippen MR) is 112 cm³/mol. The molecule has 0 heterocycles. The summed E-state index contributed by atoms with van der Waals surface area (Å²) in [6, 6.07) is 1.34. The lowest BCUT2D eigenvalue weighted by Gasteiger charge is -2.53. The van der Waals surface area contributed by atoms with Crippen LogP contribution < -0.4 is 0 Å². The number of aromatic hydroxyl groups is 1. The fourth-order valence-electron chi connectivity index (χ4n) is 5.47. The Kier molecular flexibility index (Phi) is 4.84. The van der Waals surface area contributed by atoms with E-state index in [1.807, 2.05) is 0 Å². The number of Topliss-reactive ketones (excluding diaryl/α,β-unsaturated/α-hetero) is 3. The molecule has 3 aliphatic carbocycles. The van der Waals surface area contributed by atoms with Gasteiger partial charge in [0.2, 0.25) is 11.6 Å². The third-order valence-corrected chi connectivity index (χ3v) is 7.28. The molecule has 10 heteroatoms. The average Bonchev–Trinajstić information content (AvgIpc) is 2.70. The molecule has 0 bridgehead atoms. The molecule has 0 spiro atoms. The van der Waals surface area contributed by atoms with E-state index < -0.39 is 69.1 Å². The number of benzene rings is 1. The maximum atomic E-state index is 13.6. The number of carbonyl (C=O) groups is 3. The van der Waals surface area contributed by atoms with E-state index in [4.69, 9.17) is 11.6 Å². The monoisotopic (exact) mass is 463 g/mol. The van der Waals surface area contributed by atoms with Gasteiger partial charge in [0.05, 0.1) is 23.5 Å². The minimum absolute atomic E-state index is 0.00512. The summed E-state index contributed by atoms with van der Waals surface area (Å²) in [5.41, 5.74) is -6.11. The number of aliphatic hydroxyl groups excluding tert-OH is 2. The normalized spacial score (nSPS) is 35.8. The Labute approximate surface area is 187 Å². The summed E-state index contributed by atoms with van der Waals surface area (Å²) in [5.74, 6) is -6.85. The summed E-state index contributed by atoms with van der Waals surface area (Å²) >= 11 is 6.27. The van der Waals surface area contributed by atoms with Crippen molar-refractivity contribution in [1.29, 1.82) is 0 Å². The zero-order valence-corrected chi connectivity index (χ0v) is 18.2. The van der Waals surface area contributed by atoms with Crippen LogP contribution in [0.4, 0.5) is 0 Å². The van der Waals surface area contributed by atoms with Crippen LogP contribution in [0.3, 0.4) is 0 Å². The van der Waals surface area contributed by atoms with E-state index >= 15 is 0 Å². The predicted octanol–water partition coefficient (Wildman–Crippen LogP) is 0.996. The number of phenols is 1. The summed E-state index contributed by atoms with van der Waals surface area (Å²) in [6.07, 6.45) is 0.0278. The summed E-state index contributed by atoms with van der Waals surface area (Å²) in [5, 5.41) is 53.7. The average molecular weight is 464 g/mol. The van der Waals surface area contributed by atoms with Crippen LogP contribution in [0.5, 0.6) is 5.75 Å². The molecule has 3 unspecified atom stereocenters. The van der Waals surface area contributed by atoms with Crippen LogP contribution in [0.25, 0.3) is 5.76 Å². The lowest BCUT2D eigenvalue weighted by atomic mass is 9.53. The van der Waals surface area contributed by atoms with Crippen LogP contribution in [-0.4, -0.2) is 73.5 Å². The van der Waals surface area contributed by atoms with Gasteiger partial charge in [-0.05, 0) is 39.6 Å². The maximum Gasteiger partial charge on any atom is 0.209 e. The molecule has 32 heavy (non-hydrogen) atoms. The summed E-state index contributed by atoms with van der Waals surface area (Å²) in [6.45, 7) is 1.35. The fourth-order valence-corrected chi connectivity index (χ4v) is 5.82. The van der Waals surface area contributed by atoms with Crippen LogP contribution in [0.2, 0.25) is 5.02 Å². The summed E-state index contributed by atoms with van der Waals surface area (Å²) in [7, 11) is 3.04. The van der Waals surface area contributed by atoms with Crippen molar-refractivity contribution in [2.45, 2.75) is 30.6 Å². The SMILES string of the molecule is CN(C)[C@H]1C(=O)/C(=C/O)C(=O)C2(O)C(=O)C3=C(O)c4c(O)ccc(Cl)c4[C@@](C)(O)C3CC12. The molecule has 5 atom stereocenters. The second-order valence-electron chi connectivity index (χ2n) is 8.86. The Hall–Kier alpha value is -2.72. The third kappa shape index (κ3) is 2.53. The Bertz CT molecular complexity index is 1150. The van der Waals surface area contributed by atoms with E-state index in [9.17, 15) is 39.9 Å². The van der Waals surface area contributed by atoms with Crippen molar-refractivity contribution in [2.24, 2.45) is 11.8 Å². The number of rotatable bonds is 1. The molecule has 4 rings (SSSR count). The van der Waals surface area contributed by atoms with Gasteiger partial charge in [-0.1, -0.05) is 11.6 Å². The number of nitrogens with zero attached hydrogens (tertiary/aromatic N) is 1. The van der Waals surface area contributed by atoms with Gasteiger partial charge in [-0.3, -0.25) is 19.3 Å². The van der Waals surface area contributed by atoms with Crippen molar-refractivity contribution < 1.29 is 39.9 Å². The van der Waals surface area contributed by atoms with Crippen molar-refractivity contribution >= 4 is 34.7 Å². The number of carbonyl (C=O) groups excluding carboxylic acids is 3. The first-order valence-corrected chi connectivity index (χ1v) is 10.2. The van der Waals surface area contributed by atoms with Gasteiger partial charge in [-0.15, -0.1) is 0 Å². The highest BCUT2D eigenvalue weighted by molar-refractivity contribution is 6.36. The lowest BCUT2D eigenvalue weighted by molar-refractivity contribution is -0.169. The van der Waals surface area contributed by atoms with Crippen molar-refractivity contribution in [3.05, 3.63) is 45.7 Å². The molecule has 1 aromatic rings. The largest absolute Gasteiger partial charge is 0.515 e. The molecule has 0 saturated heterocycles. The van der Waals surface area contributed by atoms with E-state index in [0.717, 1.165) is 0 Å². The Balaban J connectivity index is 2.04. The number of fused-ring (bicyclic) bond motifs is 3. The number of likely N-dealkylation sites (N-methyl/N-ethyl adjacent to an activating group) is 1. The van der Waals surface area contributed by atoms with Gasteiger partial charge < -0.3 is 25.5 Å². The van der Waals surface area contributed by atoms with Crippen LogP contribution >= 0.6 is 11.6 Å². The van der Waals surface area contributed by atoms with Crippen LogP contribution in [0.1, 0.15) is 24.5 Å². The molecule has 9 nitrogen and oxygen atoms in total. The van der Waals surface area contributed by atoms with E-state index in [1.54, 1.807) is 0 Å². The first kappa shape index (κ1) is 22.5. The number of aliphatic hydroxyl groups is 4. The number of ketones is 3. The van der Waals surface area contributed by atoms with E-state index in [1.165, 1.54) is 38.1 Å². The molecule has 2 saturated carbocycles. The van der Waals surface area contributed by atoms with Gasteiger partial charge in [-0.25, -0.2) is 0 Å². The van der Waals surface area contributed by atoms with E-state index in [2.05, 4.69) is 0 Å². The number of hydrogen-bond donors (Lipinski definition) is 5. The first-order chi connectivity index (χ1) is 14.8. The molecule has 0 aliphatic heterocycles. The highest BCUT2D eigenvalue weighted by Crippen LogP contribution is 2.57. The molecular weight excluding hydrogens is 442 g/mol. The lowest BCUT2D eigenvalue weighted by Crippen LogP contribution is -2.70. The highest BCUT2D eigenvalue weighted by Gasteiger charge is 2.68. The van der Waals surface area contributed by atoms with Crippen LogP contribution in [0, 0.1) is 11.8 Å². The summed E-state index contributed by atoms with van der Waals surface area (Å²) in [4.78, 5) is 41.0. The zero-order valence-electron chi connectivity index (χ0n) is 17.5. The molecule has 0 aromatic heterocycles. The smallest absolute Gasteiger partial charge is 0.209 e. The Morgan fingerprint density at radius 2 is 1.75 bits per heavy atom. The molecule has 3 aliphatic rings.